The molecule has 96 valence electrons. The van der Waals surface area contributed by atoms with Crippen LogP contribution in [0, 0.1) is 0 Å². The van der Waals surface area contributed by atoms with Gasteiger partial charge in [0.25, 0.3) is 5.91 Å². The molecule has 0 atom stereocenters. The van der Waals surface area contributed by atoms with Crippen molar-refractivity contribution in [3.63, 3.8) is 0 Å². The summed E-state index contributed by atoms with van der Waals surface area (Å²) in [5, 5.41) is 3.13. The summed E-state index contributed by atoms with van der Waals surface area (Å²) in [6.07, 6.45) is -5.78. The van der Waals surface area contributed by atoms with Crippen LogP contribution in [-0.2, 0) is 11.2 Å². The molecule has 0 aliphatic carbocycles. The summed E-state index contributed by atoms with van der Waals surface area (Å²) in [5.74, 6) is -7.71. The molecule has 0 radical (unpaired) electrons. The second kappa shape index (κ2) is 4.94. The highest BCUT2D eigenvalue weighted by molar-refractivity contribution is 7.07. The topological polar surface area (TPSA) is 42.0 Å². The van der Waals surface area contributed by atoms with E-state index in [4.69, 9.17) is 0 Å². The van der Waals surface area contributed by atoms with Gasteiger partial charge >= 0.3 is 12.1 Å². The van der Waals surface area contributed by atoms with Crippen LogP contribution in [0.1, 0.15) is 5.69 Å². The molecule has 1 aromatic rings. The van der Waals surface area contributed by atoms with Crippen LogP contribution in [0.15, 0.2) is 10.9 Å². The predicted octanol–water partition coefficient (Wildman–Crippen LogP) is 2.00. The first-order valence-electron chi connectivity index (χ1n) is 4.35. The Labute approximate surface area is 96.7 Å². The van der Waals surface area contributed by atoms with Crippen LogP contribution in [0.25, 0.3) is 0 Å². The second-order valence-electron chi connectivity index (χ2n) is 3.06. The summed E-state index contributed by atoms with van der Waals surface area (Å²) in [5.41, 5.74) is 2.01. The monoisotopic (exact) mass is 274 g/mol. The Kier molecular flexibility index (Phi) is 4.02. The van der Waals surface area contributed by atoms with Gasteiger partial charge in [0.1, 0.15) is 0 Å². The fraction of sp³-hybridized carbons (Fsp3) is 0.500. The van der Waals surface area contributed by atoms with Crippen molar-refractivity contribution < 1.29 is 26.7 Å². The SMILES string of the molecule is O=C(NCCc1cscn1)C(F)(F)C(F)(F)F. The van der Waals surface area contributed by atoms with E-state index < -0.39 is 18.0 Å². The van der Waals surface area contributed by atoms with Gasteiger partial charge in [-0.25, -0.2) is 4.98 Å². The Morgan fingerprint density at radius 1 is 1.35 bits per heavy atom. The van der Waals surface area contributed by atoms with Crippen molar-refractivity contribution in [1.82, 2.24) is 10.3 Å². The van der Waals surface area contributed by atoms with Crippen LogP contribution in [0.2, 0.25) is 0 Å². The maximum atomic E-state index is 12.4. The van der Waals surface area contributed by atoms with E-state index >= 15 is 0 Å². The average molecular weight is 274 g/mol. The summed E-state index contributed by atoms with van der Waals surface area (Å²) in [6, 6.07) is 0. The molecule has 1 amide bonds. The standard InChI is InChI=1S/C8H7F5N2OS/c9-7(10,8(11,12)13)6(16)14-2-1-5-3-17-4-15-5/h3-4H,1-2H2,(H,14,16). The highest BCUT2D eigenvalue weighted by Crippen LogP contribution is 2.35. The third-order valence-electron chi connectivity index (χ3n) is 1.79. The molecule has 0 aromatic carbocycles. The van der Waals surface area contributed by atoms with Gasteiger partial charge in [-0.05, 0) is 0 Å². The first kappa shape index (κ1) is 13.8. The molecule has 0 spiro atoms. The first-order chi connectivity index (χ1) is 7.75. The average Bonchev–Trinajstić information content (AvgIpc) is 2.68. The number of carbonyl (C=O) groups excluding carboxylic acids is 1. The van der Waals surface area contributed by atoms with Crippen LogP contribution in [0.5, 0.6) is 0 Å². The van der Waals surface area contributed by atoms with Gasteiger partial charge < -0.3 is 5.32 Å². The van der Waals surface area contributed by atoms with Crippen molar-refractivity contribution in [1.29, 1.82) is 0 Å². The predicted molar refractivity (Wildman–Crippen MR) is 49.8 cm³/mol. The number of aromatic nitrogens is 1. The molecule has 0 saturated carbocycles. The van der Waals surface area contributed by atoms with Gasteiger partial charge in [0, 0.05) is 18.3 Å². The number of carbonyl (C=O) groups is 1. The molecule has 0 aliphatic heterocycles. The smallest absolute Gasteiger partial charge is 0.350 e. The van der Waals surface area contributed by atoms with Crippen molar-refractivity contribution in [3.05, 3.63) is 16.6 Å². The molecular weight excluding hydrogens is 267 g/mol. The lowest BCUT2D eigenvalue weighted by Crippen LogP contribution is -2.50. The van der Waals surface area contributed by atoms with Gasteiger partial charge in [-0.2, -0.15) is 22.0 Å². The number of amides is 1. The van der Waals surface area contributed by atoms with E-state index in [0.717, 1.165) is 0 Å². The van der Waals surface area contributed by atoms with E-state index in [2.05, 4.69) is 4.98 Å². The Morgan fingerprint density at radius 3 is 2.47 bits per heavy atom. The number of nitrogens with zero attached hydrogens (tertiary/aromatic N) is 1. The molecule has 17 heavy (non-hydrogen) atoms. The molecule has 0 bridgehead atoms. The zero-order valence-corrected chi connectivity index (χ0v) is 9.04. The number of hydrogen-bond donors (Lipinski definition) is 1. The van der Waals surface area contributed by atoms with Crippen molar-refractivity contribution >= 4 is 17.2 Å². The zero-order chi connectivity index (χ0) is 13.1. The second-order valence-corrected chi connectivity index (χ2v) is 3.78. The molecule has 0 unspecified atom stereocenters. The number of nitrogens with one attached hydrogen (secondary N) is 1. The van der Waals surface area contributed by atoms with Crippen molar-refractivity contribution in [3.8, 4) is 0 Å². The number of thiazole rings is 1. The fourth-order valence-corrected chi connectivity index (χ4v) is 1.50. The van der Waals surface area contributed by atoms with E-state index in [-0.39, 0.29) is 13.0 Å². The van der Waals surface area contributed by atoms with Crippen LogP contribution in [-0.4, -0.2) is 29.5 Å². The zero-order valence-electron chi connectivity index (χ0n) is 8.22. The summed E-state index contributed by atoms with van der Waals surface area (Å²) in [6.45, 7) is -0.325. The minimum atomic E-state index is -5.88. The van der Waals surface area contributed by atoms with Gasteiger partial charge in [-0.15, -0.1) is 11.3 Å². The number of rotatable bonds is 4. The summed E-state index contributed by atoms with van der Waals surface area (Å²) in [4.78, 5) is 14.4. The van der Waals surface area contributed by atoms with Gasteiger partial charge in [0.05, 0.1) is 11.2 Å². The maximum Gasteiger partial charge on any atom is 0.463 e. The quantitative estimate of drug-likeness (QED) is 0.853. The van der Waals surface area contributed by atoms with Crippen LogP contribution in [0.4, 0.5) is 22.0 Å². The highest BCUT2D eigenvalue weighted by atomic mass is 32.1. The minimum absolute atomic E-state index is 0.100. The van der Waals surface area contributed by atoms with Gasteiger partial charge in [-0.1, -0.05) is 0 Å². The normalized spacial score (nSPS) is 12.5. The Hall–Kier alpha value is -1.25. The molecule has 1 aromatic heterocycles. The molecule has 3 nitrogen and oxygen atoms in total. The number of hydrogen-bond acceptors (Lipinski definition) is 3. The number of halogens is 5. The Bertz CT molecular complexity index is 376. The van der Waals surface area contributed by atoms with Crippen LogP contribution in [0.3, 0.4) is 0 Å². The third kappa shape index (κ3) is 3.35. The first-order valence-corrected chi connectivity index (χ1v) is 5.29. The van der Waals surface area contributed by atoms with E-state index in [0.29, 0.717) is 5.69 Å². The van der Waals surface area contributed by atoms with Crippen LogP contribution < -0.4 is 5.32 Å². The molecule has 9 heteroatoms. The van der Waals surface area contributed by atoms with Gasteiger partial charge in [0.2, 0.25) is 0 Å². The summed E-state index contributed by atoms with van der Waals surface area (Å²) in [7, 11) is 0. The van der Waals surface area contributed by atoms with Gasteiger partial charge in [0.15, 0.2) is 0 Å². The molecule has 1 N–H and O–H groups in total. The molecule has 0 saturated heterocycles. The summed E-state index contributed by atoms with van der Waals surface area (Å²) >= 11 is 1.26. The largest absolute Gasteiger partial charge is 0.463 e. The van der Waals surface area contributed by atoms with Crippen molar-refractivity contribution in [2.75, 3.05) is 6.54 Å². The lowest BCUT2D eigenvalue weighted by molar-refractivity contribution is -0.269. The third-order valence-corrected chi connectivity index (χ3v) is 2.43. The van der Waals surface area contributed by atoms with Gasteiger partial charge in [-0.3, -0.25) is 4.79 Å². The van der Waals surface area contributed by atoms with Crippen LogP contribution >= 0.6 is 11.3 Å². The van der Waals surface area contributed by atoms with E-state index in [1.807, 2.05) is 0 Å². The lowest BCUT2D eigenvalue weighted by atomic mass is 10.3. The number of alkyl halides is 5. The Morgan fingerprint density at radius 2 is 2.00 bits per heavy atom. The minimum Gasteiger partial charge on any atom is -0.350 e. The molecule has 0 fully saturated rings. The molecule has 1 heterocycles. The Balaban J connectivity index is 2.45. The maximum absolute atomic E-state index is 12.4. The fourth-order valence-electron chi connectivity index (χ4n) is 0.905. The van der Waals surface area contributed by atoms with E-state index in [1.165, 1.54) is 22.2 Å². The summed E-state index contributed by atoms with van der Waals surface area (Å²) < 4.78 is 60.2. The highest BCUT2D eigenvalue weighted by Gasteiger charge is 2.63. The van der Waals surface area contributed by atoms with Crippen molar-refractivity contribution in [2.24, 2.45) is 0 Å². The van der Waals surface area contributed by atoms with E-state index in [1.54, 1.807) is 5.38 Å². The lowest BCUT2D eigenvalue weighted by Gasteiger charge is -2.18. The van der Waals surface area contributed by atoms with Crippen molar-refractivity contribution in [2.45, 2.75) is 18.5 Å². The molecular formula is C8H7F5N2OS. The van der Waals surface area contributed by atoms with E-state index in [9.17, 15) is 26.7 Å². The molecule has 0 aliphatic rings. The molecule has 1 rings (SSSR count).